The molecule has 3 rings (SSSR count). The molecule has 0 amide bonds. The fourth-order valence-corrected chi connectivity index (χ4v) is 2.66. The molecule has 1 aliphatic heterocycles. The summed E-state index contributed by atoms with van der Waals surface area (Å²) in [6, 6.07) is 4.84. The number of hydrogen-bond donors (Lipinski definition) is 1. The van der Waals surface area contributed by atoms with E-state index in [1.54, 1.807) is 0 Å². The molecule has 0 spiro atoms. The van der Waals surface area contributed by atoms with E-state index in [1.807, 2.05) is 19.1 Å². The van der Waals surface area contributed by atoms with Crippen molar-refractivity contribution in [1.29, 1.82) is 0 Å². The fraction of sp³-hybridized carbons (Fsp3) is 0.462. The van der Waals surface area contributed by atoms with Crippen LogP contribution in [0.5, 0.6) is 0 Å². The molecular weight excluding hydrogens is 250 g/mol. The Morgan fingerprint density at radius 1 is 1.50 bits per heavy atom. The third-order valence-corrected chi connectivity index (χ3v) is 3.59. The smallest absolute Gasteiger partial charge is 0.298 e. The highest BCUT2D eigenvalue weighted by atomic mass is 35.5. The number of aryl methyl sites for hydroxylation is 1. The summed E-state index contributed by atoms with van der Waals surface area (Å²) in [4.78, 5) is 6.75. The minimum atomic E-state index is 0.391. The number of fused-ring (bicyclic) bond motifs is 1. The van der Waals surface area contributed by atoms with Crippen molar-refractivity contribution >= 4 is 28.7 Å². The van der Waals surface area contributed by atoms with Gasteiger partial charge in [0.05, 0.1) is 0 Å². The lowest BCUT2D eigenvalue weighted by Crippen LogP contribution is -2.50. The van der Waals surface area contributed by atoms with Gasteiger partial charge < -0.3 is 14.6 Å². The van der Waals surface area contributed by atoms with Crippen LogP contribution in [0.15, 0.2) is 16.5 Å². The third-order valence-electron chi connectivity index (χ3n) is 3.38. The Kier molecular flexibility index (Phi) is 2.92. The maximum Gasteiger partial charge on any atom is 0.298 e. The van der Waals surface area contributed by atoms with Crippen molar-refractivity contribution in [3.8, 4) is 0 Å². The number of hydrogen-bond acceptors (Lipinski definition) is 4. The number of oxazole rings is 1. The summed E-state index contributed by atoms with van der Waals surface area (Å²) >= 11 is 6.04. The first-order valence-electron chi connectivity index (χ1n) is 6.19. The normalized spacial score (nSPS) is 20.6. The molecule has 0 saturated carbocycles. The van der Waals surface area contributed by atoms with Crippen LogP contribution in [0.4, 0.5) is 6.01 Å². The summed E-state index contributed by atoms with van der Waals surface area (Å²) in [6.07, 6.45) is 0. The predicted octanol–water partition coefficient (Wildman–Crippen LogP) is 2.59. The summed E-state index contributed by atoms with van der Waals surface area (Å²) in [5, 5.41) is 4.06. The van der Waals surface area contributed by atoms with E-state index in [0.29, 0.717) is 17.1 Å². The zero-order valence-electron chi connectivity index (χ0n) is 10.5. The van der Waals surface area contributed by atoms with Crippen LogP contribution in [0.3, 0.4) is 0 Å². The predicted molar refractivity (Wildman–Crippen MR) is 73.4 cm³/mol. The number of nitrogens with zero attached hydrogens (tertiary/aromatic N) is 2. The summed E-state index contributed by atoms with van der Waals surface area (Å²) in [6.45, 7) is 6.99. The second-order valence-corrected chi connectivity index (χ2v) is 5.25. The van der Waals surface area contributed by atoms with Gasteiger partial charge in [0.1, 0.15) is 5.52 Å². The van der Waals surface area contributed by atoms with E-state index in [4.69, 9.17) is 16.0 Å². The van der Waals surface area contributed by atoms with Crippen molar-refractivity contribution in [3.05, 3.63) is 22.7 Å². The molecule has 4 nitrogen and oxygen atoms in total. The zero-order chi connectivity index (χ0) is 12.7. The molecule has 1 atom stereocenters. The van der Waals surface area contributed by atoms with Crippen LogP contribution < -0.4 is 10.2 Å². The molecule has 18 heavy (non-hydrogen) atoms. The van der Waals surface area contributed by atoms with Gasteiger partial charge in [-0.1, -0.05) is 11.6 Å². The van der Waals surface area contributed by atoms with Crippen molar-refractivity contribution in [3.63, 3.8) is 0 Å². The van der Waals surface area contributed by atoms with Gasteiger partial charge in [0.2, 0.25) is 0 Å². The second-order valence-electron chi connectivity index (χ2n) is 4.81. The Balaban J connectivity index is 2.05. The number of piperazine rings is 1. The van der Waals surface area contributed by atoms with Crippen LogP contribution in [0.25, 0.3) is 11.1 Å². The maximum atomic E-state index is 6.04. The topological polar surface area (TPSA) is 41.3 Å². The second kappa shape index (κ2) is 4.44. The van der Waals surface area contributed by atoms with E-state index >= 15 is 0 Å². The van der Waals surface area contributed by atoms with Crippen LogP contribution in [0.2, 0.25) is 5.02 Å². The minimum Gasteiger partial charge on any atom is -0.423 e. The van der Waals surface area contributed by atoms with Gasteiger partial charge in [0.15, 0.2) is 5.58 Å². The van der Waals surface area contributed by atoms with E-state index in [9.17, 15) is 0 Å². The Hall–Kier alpha value is -1.26. The van der Waals surface area contributed by atoms with Gasteiger partial charge in [0.25, 0.3) is 6.01 Å². The molecular formula is C13H16ClN3O. The number of benzene rings is 1. The van der Waals surface area contributed by atoms with Gasteiger partial charge in [-0.2, -0.15) is 4.98 Å². The average molecular weight is 266 g/mol. The Labute approximate surface area is 111 Å². The molecule has 2 aromatic rings. The first-order valence-corrected chi connectivity index (χ1v) is 6.57. The lowest BCUT2D eigenvalue weighted by atomic mass is 10.2. The Morgan fingerprint density at radius 3 is 3.11 bits per heavy atom. The lowest BCUT2D eigenvalue weighted by molar-refractivity contribution is 0.456. The van der Waals surface area contributed by atoms with E-state index in [2.05, 4.69) is 22.1 Å². The summed E-state index contributed by atoms with van der Waals surface area (Å²) in [7, 11) is 0. The molecule has 1 N–H and O–H groups in total. The van der Waals surface area contributed by atoms with Crippen molar-refractivity contribution < 1.29 is 4.42 Å². The highest BCUT2D eigenvalue weighted by Crippen LogP contribution is 2.28. The minimum absolute atomic E-state index is 0.391. The molecule has 2 heterocycles. The zero-order valence-corrected chi connectivity index (χ0v) is 11.3. The lowest BCUT2D eigenvalue weighted by Gasteiger charge is -2.32. The Bertz CT molecular complexity index is 581. The van der Waals surface area contributed by atoms with Crippen LogP contribution in [-0.4, -0.2) is 30.7 Å². The molecule has 96 valence electrons. The molecule has 5 heteroatoms. The number of halogens is 1. The van der Waals surface area contributed by atoms with Crippen molar-refractivity contribution in [2.24, 2.45) is 0 Å². The molecule has 1 unspecified atom stereocenters. The maximum absolute atomic E-state index is 6.04. The van der Waals surface area contributed by atoms with Crippen molar-refractivity contribution in [2.45, 2.75) is 19.9 Å². The van der Waals surface area contributed by atoms with E-state index in [1.165, 1.54) is 0 Å². The summed E-state index contributed by atoms with van der Waals surface area (Å²) < 4.78 is 5.89. The average Bonchev–Trinajstić information content (AvgIpc) is 2.73. The van der Waals surface area contributed by atoms with Crippen LogP contribution >= 0.6 is 11.6 Å². The van der Waals surface area contributed by atoms with Crippen LogP contribution in [0, 0.1) is 6.92 Å². The fourth-order valence-electron chi connectivity index (χ4n) is 2.39. The first kappa shape index (κ1) is 11.8. The third kappa shape index (κ3) is 1.95. The molecule has 0 radical (unpaired) electrons. The Morgan fingerprint density at radius 2 is 2.33 bits per heavy atom. The number of aromatic nitrogens is 1. The molecule has 1 aliphatic rings. The highest BCUT2D eigenvalue weighted by molar-refractivity contribution is 6.31. The van der Waals surface area contributed by atoms with Gasteiger partial charge in [-0.25, -0.2) is 0 Å². The number of anilines is 1. The van der Waals surface area contributed by atoms with Gasteiger partial charge >= 0.3 is 0 Å². The quantitative estimate of drug-likeness (QED) is 0.861. The van der Waals surface area contributed by atoms with Crippen molar-refractivity contribution in [1.82, 2.24) is 10.3 Å². The standard InChI is InChI=1S/C13H16ClN3O/c1-8-5-10(14)6-11-12(8)18-13(16-11)17-4-3-15-7-9(17)2/h5-6,9,15H,3-4,7H2,1-2H3. The van der Waals surface area contributed by atoms with E-state index < -0.39 is 0 Å². The van der Waals surface area contributed by atoms with Crippen LogP contribution in [0.1, 0.15) is 12.5 Å². The molecule has 1 aromatic carbocycles. The molecule has 0 aliphatic carbocycles. The van der Waals surface area contributed by atoms with Gasteiger partial charge in [-0.15, -0.1) is 0 Å². The van der Waals surface area contributed by atoms with Gasteiger partial charge in [-0.3, -0.25) is 0 Å². The largest absolute Gasteiger partial charge is 0.423 e. The molecule has 1 fully saturated rings. The molecule has 1 aromatic heterocycles. The van der Waals surface area contributed by atoms with Crippen molar-refractivity contribution in [2.75, 3.05) is 24.5 Å². The monoisotopic (exact) mass is 265 g/mol. The van der Waals surface area contributed by atoms with Gasteiger partial charge in [0, 0.05) is 30.7 Å². The molecule has 0 bridgehead atoms. The first-order chi connectivity index (χ1) is 8.65. The summed E-state index contributed by atoms with van der Waals surface area (Å²) in [5.41, 5.74) is 2.69. The highest BCUT2D eigenvalue weighted by Gasteiger charge is 2.23. The van der Waals surface area contributed by atoms with Crippen LogP contribution in [-0.2, 0) is 0 Å². The van der Waals surface area contributed by atoms with Gasteiger partial charge in [-0.05, 0) is 31.5 Å². The number of rotatable bonds is 1. The molecule has 1 saturated heterocycles. The van der Waals surface area contributed by atoms with E-state index in [-0.39, 0.29) is 0 Å². The number of nitrogens with one attached hydrogen (secondary N) is 1. The SMILES string of the molecule is Cc1cc(Cl)cc2nc(N3CCNCC3C)oc12. The summed E-state index contributed by atoms with van der Waals surface area (Å²) in [5.74, 6) is 0. The van der Waals surface area contributed by atoms with E-state index in [0.717, 1.165) is 36.3 Å².